The van der Waals surface area contributed by atoms with Gasteiger partial charge >= 0.3 is 0 Å². The van der Waals surface area contributed by atoms with E-state index in [9.17, 15) is 0 Å². The fraction of sp³-hybridized carbons (Fsp3) is 0. The summed E-state index contributed by atoms with van der Waals surface area (Å²) < 4.78 is 0. The lowest BCUT2D eigenvalue weighted by Gasteiger charge is -1.99. The zero-order valence-electron chi connectivity index (χ0n) is 14.1. The highest BCUT2D eigenvalue weighted by atomic mass is 14.6. The summed E-state index contributed by atoms with van der Waals surface area (Å²) in [6.45, 7) is 14.2. The third-order valence-electron chi connectivity index (χ3n) is 3.94. The monoisotopic (exact) mass is 332 g/mol. The Balaban J connectivity index is 1.70. The van der Waals surface area contributed by atoms with Gasteiger partial charge in [0.05, 0.1) is 13.1 Å². The van der Waals surface area contributed by atoms with Gasteiger partial charge in [-0.1, -0.05) is 97.1 Å². The Bertz CT molecular complexity index is 1030. The first-order valence-corrected chi connectivity index (χ1v) is 8.19. The van der Waals surface area contributed by atoms with Crippen LogP contribution < -0.4 is 0 Å². The second kappa shape index (κ2) is 8.29. The van der Waals surface area contributed by atoms with Crippen LogP contribution in [-0.2, 0) is 0 Å². The predicted octanol–water partition coefficient (Wildman–Crippen LogP) is 7.13. The van der Waals surface area contributed by atoms with Gasteiger partial charge in [0.25, 0.3) is 0 Å². The van der Waals surface area contributed by atoms with Gasteiger partial charge in [0.15, 0.2) is 11.4 Å². The second-order valence-electron chi connectivity index (χ2n) is 5.71. The van der Waals surface area contributed by atoms with Crippen LogP contribution in [0.2, 0.25) is 0 Å². The molecule has 0 amide bonds. The Morgan fingerprint density at radius 3 is 1.58 bits per heavy atom. The quantitative estimate of drug-likeness (QED) is 0.355. The van der Waals surface area contributed by atoms with Crippen molar-refractivity contribution in [2.75, 3.05) is 0 Å². The molecule has 3 aromatic rings. The Hall–Kier alpha value is -3.88. The van der Waals surface area contributed by atoms with Gasteiger partial charge in [-0.3, -0.25) is 0 Å². The Morgan fingerprint density at radius 2 is 1.04 bits per heavy atom. The van der Waals surface area contributed by atoms with Gasteiger partial charge in [-0.05, 0) is 22.3 Å². The molecule has 122 valence electrons. The molecule has 0 N–H and O–H groups in total. The van der Waals surface area contributed by atoms with Gasteiger partial charge in [-0.25, -0.2) is 9.69 Å². The van der Waals surface area contributed by atoms with E-state index in [0.717, 1.165) is 22.3 Å². The third kappa shape index (κ3) is 4.35. The fourth-order valence-corrected chi connectivity index (χ4v) is 2.49. The summed E-state index contributed by atoms with van der Waals surface area (Å²) in [4.78, 5) is 6.93. The standard InChI is InChI=1S/C24H16N2/c1-25-23-17-14-21(15-18-23)12-9-19-7-10-20(11-8-19)13-16-22-5-3-4-6-24(22)26-2/h3-18H. The molecular formula is C24H16N2. The lowest BCUT2D eigenvalue weighted by molar-refractivity contribution is 1.62. The lowest BCUT2D eigenvalue weighted by Crippen LogP contribution is -1.76. The largest absolute Gasteiger partial charge is 0.238 e. The molecule has 0 saturated heterocycles. The normalized spacial score (nSPS) is 10.7. The molecular weight excluding hydrogens is 316 g/mol. The molecule has 0 aliphatic heterocycles. The molecule has 0 bridgehead atoms. The Morgan fingerprint density at radius 1 is 0.538 bits per heavy atom. The Labute approximate surface area is 154 Å². The number of rotatable bonds is 4. The van der Waals surface area contributed by atoms with E-state index in [1.165, 1.54) is 0 Å². The first-order chi connectivity index (χ1) is 12.8. The maximum Gasteiger partial charge on any atom is 0.194 e. The molecule has 3 aromatic carbocycles. The van der Waals surface area contributed by atoms with E-state index in [4.69, 9.17) is 13.1 Å². The number of nitrogens with zero attached hydrogens (tertiary/aromatic N) is 2. The predicted molar refractivity (Wildman–Crippen MR) is 110 cm³/mol. The molecule has 0 atom stereocenters. The molecule has 2 heteroatoms. The molecule has 0 heterocycles. The van der Waals surface area contributed by atoms with Crippen LogP contribution in [0.25, 0.3) is 34.0 Å². The van der Waals surface area contributed by atoms with Crippen molar-refractivity contribution >= 4 is 35.7 Å². The lowest BCUT2D eigenvalue weighted by atomic mass is 10.1. The van der Waals surface area contributed by atoms with Crippen LogP contribution in [0.3, 0.4) is 0 Å². The van der Waals surface area contributed by atoms with Gasteiger partial charge in [-0.2, -0.15) is 0 Å². The summed E-state index contributed by atoms with van der Waals surface area (Å²) in [5, 5.41) is 0. The van der Waals surface area contributed by atoms with Crippen LogP contribution >= 0.6 is 0 Å². The molecule has 3 rings (SSSR count). The molecule has 0 radical (unpaired) electrons. The van der Waals surface area contributed by atoms with Gasteiger partial charge in [0.2, 0.25) is 0 Å². The first-order valence-electron chi connectivity index (χ1n) is 8.19. The molecule has 0 fully saturated rings. The van der Waals surface area contributed by atoms with Crippen molar-refractivity contribution < 1.29 is 0 Å². The van der Waals surface area contributed by atoms with E-state index in [1.54, 1.807) is 0 Å². The molecule has 26 heavy (non-hydrogen) atoms. The molecule has 0 saturated carbocycles. The molecule has 0 unspecified atom stereocenters. The summed E-state index contributed by atoms with van der Waals surface area (Å²) in [6.07, 6.45) is 8.07. The van der Waals surface area contributed by atoms with Crippen LogP contribution in [0.1, 0.15) is 22.3 Å². The van der Waals surface area contributed by atoms with Crippen molar-refractivity contribution in [3.63, 3.8) is 0 Å². The van der Waals surface area contributed by atoms with Crippen molar-refractivity contribution in [1.82, 2.24) is 0 Å². The number of hydrogen-bond acceptors (Lipinski definition) is 0. The van der Waals surface area contributed by atoms with Crippen molar-refractivity contribution in [2.45, 2.75) is 0 Å². The third-order valence-corrected chi connectivity index (χ3v) is 3.94. The molecule has 0 aliphatic carbocycles. The zero-order valence-corrected chi connectivity index (χ0v) is 14.1. The summed E-state index contributed by atoms with van der Waals surface area (Å²) in [7, 11) is 0. The van der Waals surface area contributed by atoms with E-state index < -0.39 is 0 Å². The zero-order chi connectivity index (χ0) is 18.2. The smallest absolute Gasteiger partial charge is 0.194 e. The number of hydrogen-bond donors (Lipinski definition) is 0. The average molecular weight is 332 g/mol. The maximum absolute atomic E-state index is 7.20. The van der Waals surface area contributed by atoms with E-state index in [-0.39, 0.29) is 0 Å². The number of para-hydroxylation sites is 1. The van der Waals surface area contributed by atoms with Crippen LogP contribution in [-0.4, -0.2) is 0 Å². The molecule has 0 spiro atoms. The Kier molecular flexibility index (Phi) is 5.41. The van der Waals surface area contributed by atoms with Crippen LogP contribution in [0, 0.1) is 13.1 Å². The number of benzene rings is 3. The molecule has 0 aromatic heterocycles. The topological polar surface area (TPSA) is 8.72 Å². The summed E-state index contributed by atoms with van der Waals surface area (Å²) in [5.41, 5.74) is 5.50. The fourth-order valence-electron chi connectivity index (χ4n) is 2.49. The highest BCUT2D eigenvalue weighted by Gasteiger charge is 1.96. The second-order valence-corrected chi connectivity index (χ2v) is 5.71. The summed E-state index contributed by atoms with van der Waals surface area (Å²) in [5.74, 6) is 0. The van der Waals surface area contributed by atoms with E-state index in [0.29, 0.717) is 11.4 Å². The van der Waals surface area contributed by atoms with Gasteiger partial charge < -0.3 is 0 Å². The molecule has 0 aliphatic rings. The van der Waals surface area contributed by atoms with E-state index in [1.807, 2.05) is 66.8 Å². The summed E-state index contributed by atoms with van der Waals surface area (Å²) in [6, 6.07) is 23.3. The SMILES string of the molecule is [C-]#[N+]c1ccc(C=Cc2ccc(C=Cc3ccccc3[N+]#[C-])cc2)cc1. The van der Waals surface area contributed by atoms with Gasteiger partial charge in [-0.15, -0.1) is 0 Å². The first kappa shape index (κ1) is 17.0. The van der Waals surface area contributed by atoms with Crippen molar-refractivity contribution in [1.29, 1.82) is 0 Å². The maximum atomic E-state index is 7.20. The highest BCUT2D eigenvalue weighted by molar-refractivity contribution is 5.77. The van der Waals surface area contributed by atoms with E-state index in [2.05, 4.69) is 40.0 Å². The minimum absolute atomic E-state index is 0.651. The summed E-state index contributed by atoms with van der Waals surface area (Å²) >= 11 is 0. The molecule has 2 nitrogen and oxygen atoms in total. The van der Waals surface area contributed by atoms with Gasteiger partial charge in [0.1, 0.15) is 0 Å². The minimum atomic E-state index is 0.651. The van der Waals surface area contributed by atoms with E-state index >= 15 is 0 Å². The van der Waals surface area contributed by atoms with Crippen molar-refractivity contribution in [3.8, 4) is 0 Å². The highest BCUT2D eigenvalue weighted by Crippen LogP contribution is 2.21. The van der Waals surface area contributed by atoms with Crippen LogP contribution in [0.5, 0.6) is 0 Å². The van der Waals surface area contributed by atoms with Gasteiger partial charge in [0, 0.05) is 0 Å². The van der Waals surface area contributed by atoms with Crippen LogP contribution in [0.4, 0.5) is 11.4 Å². The van der Waals surface area contributed by atoms with Crippen molar-refractivity contribution in [3.05, 3.63) is 118 Å². The van der Waals surface area contributed by atoms with Crippen LogP contribution in [0.15, 0.2) is 72.8 Å². The minimum Gasteiger partial charge on any atom is -0.238 e. The van der Waals surface area contributed by atoms with Crippen molar-refractivity contribution in [2.24, 2.45) is 0 Å². The average Bonchev–Trinajstić information content (AvgIpc) is 2.72.